The number of benzene rings is 1. The minimum Gasteiger partial charge on any atom is -0.507 e. The second-order valence-electron chi connectivity index (χ2n) is 9.43. The number of methoxy groups -OCH3 is 1. The Balaban J connectivity index is 2.31. The van der Waals surface area contributed by atoms with Crippen molar-refractivity contribution in [1.82, 2.24) is 0 Å². The van der Waals surface area contributed by atoms with E-state index >= 15 is 0 Å². The van der Waals surface area contributed by atoms with E-state index in [-0.39, 0.29) is 17.1 Å². The van der Waals surface area contributed by atoms with Crippen molar-refractivity contribution >= 4 is 29.5 Å². The van der Waals surface area contributed by atoms with Gasteiger partial charge in [0.2, 0.25) is 6.61 Å². The Kier molecular flexibility index (Phi) is 10.5. The van der Waals surface area contributed by atoms with Gasteiger partial charge in [-0.15, -0.1) is 0 Å². The topological polar surface area (TPSA) is 121 Å². The summed E-state index contributed by atoms with van der Waals surface area (Å²) in [6.07, 6.45) is 9.70. The average Bonchev–Trinajstić information content (AvgIpc) is 2.84. The maximum absolute atomic E-state index is 10.9. The number of hydrogen-bond acceptors (Lipinski definition) is 7. The molecule has 0 amide bonds. The molecule has 0 aromatic heterocycles. The third-order valence-electron chi connectivity index (χ3n) is 7.29. The van der Waals surface area contributed by atoms with Gasteiger partial charge in [0.15, 0.2) is 0 Å². The molecular formula is C27H37ClN2O6. The second kappa shape index (κ2) is 12.9. The molecule has 3 atom stereocenters. The average molecular weight is 521 g/mol. The highest BCUT2D eigenvalue weighted by atomic mass is 35.5. The van der Waals surface area contributed by atoms with E-state index in [0.717, 1.165) is 24.1 Å². The number of phenolic OH excluding ortho intramolecular Hbond substituents is 1. The Bertz CT molecular complexity index is 1080. The summed E-state index contributed by atoms with van der Waals surface area (Å²) < 4.78 is 5.49. The number of phenols is 1. The molecule has 0 heterocycles. The lowest BCUT2D eigenvalue weighted by Crippen LogP contribution is -2.40. The number of aromatic hydroxyl groups is 1. The van der Waals surface area contributed by atoms with Crippen molar-refractivity contribution in [1.29, 1.82) is 0 Å². The van der Waals surface area contributed by atoms with Gasteiger partial charge in [0, 0.05) is 23.3 Å². The van der Waals surface area contributed by atoms with Crippen LogP contribution in [0.2, 0.25) is 5.02 Å². The number of hydrogen-bond donors (Lipinski definition) is 3. The molecule has 36 heavy (non-hydrogen) atoms. The van der Waals surface area contributed by atoms with Crippen LogP contribution in [-0.4, -0.2) is 53.7 Å². The zero-order valence-corrected chi connectivity index (χ0v) is 22.6. The maximum Gasteiger partial charge on any atom is 0.344 e. The van der Waals surface area contributed by atoms with Crippen LogP contribution in [0, 0.1) is 24.2 Å². The molecule has 0 aliphatic heterocycles. The summed E-state index contributed by atoms with van der Waals surface area (Å²) in [5.74, 6) is -0.159. The molecular weight excluding hydrogens is 484 g/mol. The van der Waals surface area contributed by atoms with E-state index in [0.29, 0.717) is 39.8 Å². The van der Waals surface area contributed by atoms with Crippen molar-refractivity contribution in [2.24, 2.45) is 27.4 Å². The number of aliphatic hydroxyl groups is 1. The number of carboxylic acids is 1. The van der Waals surface area contributed by atoms with Gasteiger partial charge in [-0.3, -0.25) is 4.99 Å². The number of halogens is 1. The van der Waals surface area contributed by atoms with E-state index in [1.54, 1.807) is 6.92 Å². The predicted molar refractivity (Wildman–Crippen MR) is 142 cm³/mol. The molecule has 1 fully saturated rings. The van der Waals surface area contributed by atoms with Crippen LogP contribution in [0.25, 0.3) is 0 Å². The quantitative estimate of drug-likeness (QED) is 0.218. The van der Waals surface area contributed by atoms with Crippen molar-refractivity contribution in [3.8, 4) is 11.5 Å². The van der Waals surface area contributed by atoms with E-state index in [9.17, 15) is 9.90 Å². The Hall–Kier alpha value is -2.84. The minimum atomic E-state index is -1.05. The van der Waals surface area contributed by atoms with Gasteiger partial charge in [-0.1, -0.05) is 61.3 Å². The first-order chi connectivity index (χ1) is 17.0. The Morgan fingerprint density at radius 1 is 1.33 bits per heavy atom. The van der Waals surface area contributed by atoms with Crippen LogP contribution in [-0.2, 0) is 16.1 Å². The van der Waals surface area contributed by atoms with Gasteiger partial charge in [-0.2, -0.15) is 0 Å². The summed E-state index contributed by atoms with van der Waals surface area (Å²) in [4.78, 5) is 19.6. The number of allylic oxidation sites excluding steroid dienone is 4. The molecule has 1 aliphatic carbocycles. The summed E-state index contributed by atoms with van der Waals surface area (Å²) in [6.45, 7) is 9.38. The summed E-state index contributed by atoms with van der Waals surface area (Å²) >= 11 is 6.50. The highest BCUT2D eigenvalue weighted by Crippen LogP contribution is 2.45. The van der Waals surface area contributed by atoms with Crippen molar-refractivity contribution in [2.75, 3.05) is 20.4 Å². The molecule has 1 aromatic rings. The molecule has 1 aliphatic rings. The zero-order chi connectivity index (χ0) is 27.0. The highest BCUT2D eigenvalue weighted by Gasteiger charge is 2.41. The number of carbonyl (C=O) groups is 1. The summed E-state index contributed by atoms with van der Waals surface area (Å²) in [6, 6.07) is 0. The number of oxime groups is 1. The van der Waals surface area contributed by atoms with Gasteiger partial charge in [0.05, 0.1) is 17.8 Å². The normalized spacial score (nSPS) is 24.1. The van der Waals surface area contributed by atoms with Crippen LogP contribution in [0.4, 0.5) is 0 Å². The summed E-state index contributed by atoms with van der Waals surface area (Å²) in [5, 5.41) is 33.3. The molecule has 0 unspecified atom stereocenters. The molecule has 0 radical (unpaired) electrons. The molecule has 8 nitrogen and oxygen atoms in total. The van der Waals surface area contributed by atoms with Crippen LogP contribution >= 0.6 is 11.6 Å². The molecule has 1 aromatic carbocycles. The number of rotatable bonds is 10. The van der Waals surface area contributed by atoms with E-state index in [4.69, 9.17) is 31.4 Å². The third-order valence-corrected chi connectivity index (χ3v) is 7.74. The number of aliphatic carboxylic acids is 1. The lowest BCUT2D eigenvalue weighted by molar-refractivity contribution is -0.142. The lowest BCUT2D eigenvalue weighted by Gasteiger charge is -2.43. The predicted octanol–water partition coefficient (Wildman–Crippen LogP) is 5.31. The number of carboxylic acid groups (broad SMARTS) is 1. The van der Waals surface area contributed by atoms with Gasteiger partial charge in [0.25, 0.3) is 0 Å². The molecule has 9 heteroatoms. The fraction of sp³-hybridized carbons (Fsp3) is 0.519. The Morgan fingerprint density at radius 3 is 2.64 bits per heavy atom. The van der Waals surface area contributed by atoms with Crippen LogP contribution < -0.4 is 4.74 Å². The van der Waals surface area contributed by atoms with E-state index < -0.39 is 19.3 Å². The number of ether oxygens (including phenoxy) is 1. The second-order valence-corrected chi connectivity index (χ2v) is 9.81. The van der Waals surface area contributed by atoms with E-state index in [1.807, 2.05) is 13.0 Å². The fourth-order valence-electron chi connectivity index (χ4n) is 4.48. The summed E-state index contributed by atoms with van der Waals surface area (Å²) in [5.41, 5.74) is 3.26. The first kappa shape index (κ1) is 29.4. The van der Waals surface area contributed by atoms with Gasteiger partial charge < -0.3 is 24.9 Å². The SMILES string of the molecule is COc1c(Cl)c(C)c(C=NCO)c(O)c1C/C=C(C)/C=C/[C@@]1(C)[C@H](C)CC/C(=N\OCC(=O)O)[C@@H]1C. The molecule has 2 rings (SSSR count). The number of aliphatic imine (C=N–C) groups is 1. The first-order valence-corrected chi connectivity index (χ1v) is 12.3. The number of nitrogens with zero attached hydrogens (tertiary/aromatic N) is 2. The van der Waals surface area contributed by atoms with Gasteiger partial charge in [0.1, 0.15) is 18.2 Å². The standard InChI is InChI=1S/C27H37ClN2O6/c1-16(7-9-20-25(34)21(13-29-15-31)18(3)24(28)26(20)35-6)11-12-27(5)17(2)8-10-22(19(27)4)30-36-14-23(32)33/h7,11-13,17,19,31,34H,8-10,14-15H2,1-6H3,(H,32,33)/b12-11+,16-7+,29-13?,30-22+/t17-,19+,27+/m1/s1. The molecule has 3 N–H and O–H groups in total. The monoisotopic (exact) mass is 520 g/mol. The molecule has 1 saturated carbocycles. The van der Waals surface area contributed by atoms with Gasteiger partial charge in [-0.05, 0) is 50.0 Å². The van der Waals surface area contributed by atoms with Crippen LogP contribution in [0.5, 0.6) is 11.5 Å². The number of aliphatic hydroxyl groups excluding tert-OH is 1. The van der Waals surface area contributed by atoms with Crippen LogP contribution in [0.3, 0.4) is 0 Å². The van der Waals surface area contributed by atoms with Gasteiger partial charge >= 0.3 is 5.97 Å². The van der Waals surface area contributed by atoms with E-state index in [2.05, 4.69) is 43.1 Å². The Morgan fingerprint density at radius 2 is 2.03 bits per heavy atom. The minimum absolute atomic E-state index is 0.0164. The summed E-state index contributed by atoms with van der Waals surface area (Å²) in [7, 11) is 1.51. The van der Waals surface area contributed by atoms with Crippen molar-refractivity contribution < 1.29 is 29.7 Å². The highest BCUT2D eigenvalue weighted by molar-refractivity contribution is 6.33. The van der Waals surface area contributed by atoms with Gasteiger partial charge in [-0.25, -0.2) is 4.79 Å². The lowest BCUT2D eigenvalue weighted by atomic mass is 9.61. The smallest absolute Gasteiger partial charge is 0.344 e. The zero-order valence-electron chi connectivity index (χ0n) is 21.8. The van der Waals surface area contributed by atoms with Crippen LogP contribution in [0.1, 0.15) is 57.2 Å². The van der Waals surface area contributed by atoms with Crippen molar-refractivity contribution in [2.45, 2.75) is 53.9 Å². The van der Waals surface area contributed by atoms with Crippen molar-refractivity contribution in [3.63, 3.8) is 0 Å². The third kappa shape index (κ3) is 6.68. The molecule has 0 saturated heterocycles. The first-order valence-electron chi connectivity index (χ1n) is 11.9. The Labute approximate surface area is 218 Å². The van der Waals surface area contributed by atoms with Crippen LogP contribution in [0.15, 0.2) is 33.9 Å². The molecule has 198 valence electrons. The fourth-order valence-corrected chi connectivity index (χ4v) is 4.78. The van der Waals surface area contributed by atoms with Crippen molar-refractivity contribution in [3.05, 3.63) is 45.5 Å². The molecule has 0 spiro atoms. The molecule has 0 bridgehead atoms. The van der Waals surface area contributed by atoms with E-state index in [1.165, 1.54) is 13.3 Å². The largest absolute Gasteiger partial charge is 0.507 e. The maximum atomic E-state index is 10.9.